The second-order valence-electron chi connectivity index (χ2n) is 5.78. The molecule has 0 aliphatic heterocycles. The zero-order chi connectivity index (χ0) is 16.3. The van der Waals surface area contributed by atoms with Crippen molar-refractivity contribution in [1.29, 1.82) is 0 Å². The number of esters is 1. The van der Waals surface area contributed by atoms with Gasteiger partial charge < -0.3 is 4.74 Å². The molecule has 0 amide bonds. The van der Waals surface area contributed by atoms with Gasteiger partial charge in [-0.25, -0.2) is 4.79 Å². The minimum atomic E-state index is -3.76. The molecule has 1 rings (SSSR count). The molecular formula is C14H22N2O4S. The van der Waals surface area contributed by atoms with E-state index in [-0.39, 0.29) is 0 Å². The Labute approximate surface area is 126 Å². The molecule has 1 atom stereocenters. The minimum absolute atomic E-state index is 0.525. The van der Waals surface area contributed by atoms with E-state index < -0.39 is 27.8 Å². The molecule has 0 spiro atoms. The standard InChI is InChI=1S/C14H22N2O4S/c1-14(2,3)20-13(17)12(11-9-7-6-8-10-11)15-21(18,19)16(4)5/h6-10,12,15H,1-5H3/t12-/m0/s1. The highest BCUT2D eigenvalue weighted by atomic mass is 32.2. The van der Waals surface area contributed by atoms with Crippen LogP contribution in [-0.2, 0) is 19.7 Å². The lowest BCUT2D eigenvalue weighted by atomic mass is 10.1. The number of benzene rings is 1. The monoisotopic (exact) mass is 314 g/mol. The number of carbonyl (C=O) groups is 1. The summed E-state index contributed by atoms with van der Waals surface area (Å²) in [6.45, 7) is 5.19. The first-order chi connectivity index (χ1) is 9.53. The summed E-state index contributed by atoms with van der Waals surface area (Å²) < 4.78 is 32.6. The molecule has 1 N–H and O–H groups in total. The Morgan fingerprint density at radius 3 is 2.14 bits per heavy atom. The van der Waals surface area contributed by atoms with E-state index in [1.165, 1.54) is 14.1 Å². The van der Waals surface area contributed by atoms with Crippen molar-refractivity contribution in [1.82, 2.24) is 9.03 Å². The van der Waals surface area contributed by atoms with Crippen molar-refractivity contribution in [2.45, 2.75) is 32.4 Å². The summed E-state index contributed by atoms with van der Waals surface area (Å²) in [4.78, 5) is 12.3. The average molecular weight is 314 g/mol. The molecule has 0 aromatic heterocycles. The molecule has 7 heteroatoms. The van der Waals surface area contributed by atoms with E-state index in [1.54, 1.807) is 51.1 Å². The topological polar surface area (TPSA) is 75.7 Å². The van der Waals surface area contributed by atoms with Gasteiger partial charge in [0.1, 0.15) is 11.6 Å². The highest BCUT2D eigenvalue weighted by Crippen LogP contribution is 2.19. The van der Waals surface area contributed by atoms with Crippen molar-refractivity contribution in [3.05, 3.63) is 35.9 Å². The maximum absolute atomic E-state index is 12.3. The maximum Gasteiger partial charge on any atom is 0.329 e. The van der Waals surface area contributed by atoms with Gasteiger partial charge in [0.15, 0.2) is 0 Å². The van der Waals surface area contributed by atoms with E-state index in [0.29, 0.717) is 5.56 Å². The smallest absolute Gasteiger partial charge is 0.329 e. The van der Waals surface area contributed by atoms with E-state index in [1.807, 2.05) is 0 Å². The lowest BCUT2D eigenvalue weighted by Gasteiger charge is -2.25. The number of ether oxygens (including phenoxy) is 1. The predicted molar refractivity (Wildman–Crippen MR) is 80.8 cm³/mol. The molecule has 0 aliphatic carbocycles. The summed E-state index contributed by atoms with van der Waals surface area (Å²) in [6, 6.07) is 7.51. The van der Waals surface area contributed by atoms with Crippen LogP contribution in [0.3, 0.4) is 0 Å². The molecule has 21 heavy (non-hydrogen) atoms. The summed E-state index contributed by atoms with van der Waals surface area (Å²) >= 11 is 0. The Bertz CT molecular complexity index is 577. The van der Waals surface area contributed by atoms with Crippen LogP contribution < -0.4 is 4.72 Å². The summed E-state index contributed by atoms with van der Waals surface area (Å²) in [5.41, 5.74) is -0.176. The first kappa shape index (κ1) is 17.6. The molecule has 0 saturated heterocycles. The molecule has 1 aromatic rings. The average Bonchev–Trinajstić information content (AvgIpc) is 2.34. The van der Waals surface area contributed by atoms with Crippen LogP contribution in [0.2, 0.25) is 0 Å². The van der Waals surface area contributed by atoms with Crippen molar-refractivity contribution >= 4 is 16.2 Å². The normalized spacial score (nSPS) is 14.0. The fraction of sp³-hybridized carbons (Fsp3) is 0.500. The van der Waals surface area contributed by atoms with Crippen molar-refractivity contribution in [3.8, 4) is 0 Å². The molecule has 0 unspecified atom stereocenters. The minimum Gasteiger partial charge on any atom is -0.459 e. The van der Waals surface area contributed by atoms with Crippen molar-refractivity contribution in [3.63, 3.8) is 0 Å². The Kier molecular flexibility index (Phi) is 5.49. The van der Waals surface area contributed by atoms with Crippen molar-refractivity contribution in [2.24, 2.45) is 0 Å². The fourth-order valence-electron chi connectivity index (χ4n) is 1.51. The third-order valence-electron chi connectivity index (χ3n) is 2.52. The van der Waals surface area contributed by atoms with Gasteiger partial charge in [-0.3, -0.25) is 0 Å². The van der Waals surface area contributed by atoms with E-state index in [9.17, 15) is 13.2 Å². The van der Waals surface area contributed by atoms with Crippen LogP contribution in [0.1, 0.15) is 32.4 Å². The predicted octanol–water partition coefficient (Wildman–Crippen LogP) is 1.47. The highest BCUT2D eigenvalue weighted by molar-refractivity contribution is 7.87. The third kappa shape index (κ3) is 5.45. The second-order valence-corrected chi connectivity index (χ2v) is 7.70. The number of rotatable bonds is 5. The summed E-state index contributed by atoms with van der Waals surface area (Å²) in [5, 5.41) is 0. The number of hydrogen-bond donors (Lipinski definition) is 1. The van der Waals surface area contributed by atoms with E-state index >= 15 is 0 Å². The summed E-state index contributed by atoms with van der Waals surface area (Å²) in [5.74, 6) is -0.640. The third-order valence-corrected chi connectivity index (χ3v) is 4.02. The summed E-state index contributed by atoms with van der Waals surface area (Å²) in [7, 11) is -0.987. The Morgan fingerprint density at radius 2 is 1.71 bits per heavy atom. The number of nitrogens with zero attached hydrogens (tertiary/aromatic N) is 1. The SMILES string of the molecule is CN(C)S(=O)(=O)N[C@H](C(=O)OC(C)(C)C)c1ccccc1. The van der Waals surface area contributed by atoms with Gasteiger partial charge in [0.05, 0.1) is 0 Å². The zero-order valence-corrected chi connectivity index (χ0v) is 13.8. The van der Waals surface area contributed by atoms with Crippen molar-refractivity contribution < 1.29 is 17.9 Å². The van der Waals surface area contributed by atoms with Gasteiger partial charge in [0.25, 0.3) is 10.2 Å². The van der Waals surface area contributed by atoms with Gasteiger partial charge in [-0.05, 0) is 26.3 Å². The van der Waals surface area contributed by atoms with Crippen LogP contribution >= 0.6 is 0 Å². The van der Waals surface area contributed by atoms with E-state index in [2.05, 4.69) is 4.72 Å². The largest absolute Gasteiger partial charge is 0.459 e. The van der Waals surface area contributed by atoms with Crippen LogP contribution in [0, 0.1) is 0 Å². The van der Waals surface area contributed by atoms with Crippen LogP contribution in [0.15, 0.2) is 30.3 Å². The Morgan fingerprint density at radius 1 is 1.19 bits per heavy atom. The molecule has 0 fully saturated rings. The lowest BCUT2D eigenvalue weighted by Crippen LogP contribution is -2.42. The molecule has 0 heterocycles. The quantitative estimate of drug-likeness (QED) is 0.835. The molecule has 6 nitrogen and oxygen atoms in total. The number of nitrogens with one attached hydrogen (secondary N) is 1. The van der Waals surface area contributed by atoms with Gasteiger partial charge >= 0.3 is 5.97 Å². The van der Waals surface area contributed by atoms with E-state index in [0.717, 1.165) is 4.31 Å². The first-order valence-corrected chi connectivity index (χ1v) is 7.94. The number of carbonyl (C=O) groups excluding carboxylic acids is 1. The van der Waals surface area contributed by atoms with Crippen molar-refractivity contribution in [2.75, 3.05) is 14.1 Å². The first-order valence-electron chi connectivity index (χ1n) is 6.50. The molecule has 0 radical (unpaired) electrons. The maximum atomic E-state index is 12.3. The molecule has 118 valence electrons. The summed E-state index contributed by atoms with van der Waals surface area (Å²) in [6.07, 6.45) is 0. The van der Waals surface area contributed by atoms with Crippen LogP contribution in [0.5, 0.6) is 0 Å². The Balaban J connectivity index is 3.10. The molecular weight excluding hydrogens is 292 g/mol. The molecule has 0 aliphatic rings. The highest BCUT2D eigenvalue weighted by Gasteiger charge is 2.31. The van der Waals surface area contributed by atoms with Crippen LogP contribution in [0.4, 0.5) is 0 Å². The number of hydrogen-bond acceptors (Lipinski definition) is 4. The van der Waals surface area contributed by atoms with Gasteiger partial charge in [-0.15, -0.1) is 0 Å². The second kappa shape index (κ2) is 6.55. The van der Waals surface area contributed by atoms with Gasteiger partial charge in [0, 0.05) is 14.1 Å². The zero-order valence-electron chi connectivity index (χ0n) is 13.0. The molecule has 0 bridgehead atoms. The van der Waals surface area contributed by atoms with Gasteiger partial charge in [-0.1, -0.05) is 30.3 Å². The fourth-order valence-corrected chi connectivity index (χ4v) is 2.25. The van der Waals surface area contributed by atoms with Gasteiger partial charge in [-0.2, -0.15) is 17.4 Å². The van der Waals surface area contributed by atoms with Gasteiger partial charge in [0.2, 0.25) is 0 Å². The van der Waals surface area contributed by atoms with Crippen LogP contribution in [0.25, 0.3) is 0 Å². The molecule has 1 aromatic carbocycles. The molecule has 0 saturated carbocycles. The Hall–Kier alpha value is -1.44. The lowest BCUT2D eigenvalue weighted by molar-refractivity contribution is -0.157. The van der Waals surface area contributed by atoms with Crippen LogP contribution in [-0.4, -0.2) is 38.4 Å². The van der Waals surface area contributed by atoms with E-state index in [4.69, 9.17) is 4.74 Å².